The summed E-state index contributed by atoms with van der Waals surface area (Å²) in [5.41, 5.74) is 1.21. The number of hydrogen-bond donors (Lipinski definition) is 2. The van der Waals surface area contributed by atoms with Gasteiger partial charge in [-0.1, -0.05) is 0 Å². The third-order valence-corrected chi connectivity index (χ3v) is 3.92. The molecule has 1 aliphatic heterocycles. The summed E-state index contributed by atoms with van der Waals surface area (Å²) in [6.07, 6.45) is 1.74. The topological polar surface area (TPSA) is 53.6 Å². The van der Waals surface area contributed by atoms with Crippen molar-refractivity contribution >= 4 is 11.6 Å². The Kier molecular flexibility index (Phi) is 4.29. The molecule has 1 aromatic rings. The highest BCUT2D eigenvalue weighted by molar-refractivity contribution is 5.81. The van der Waals surface area contributed by atoms with Crippen molar-refractivity contribution in [3.63, 3.8) is 0 Å². The van der Waals surface area contributed by atoms with E-state index in [0.717, 1.165) is 44.8 Å². The average molecular weight is 289 g/mol. The molecule has 0 spiro atoms. The van der Waals surface area contributed by atoms with Crippen LogP contribution in [0.2, 0.25) is 0 Å². The van der Waals surface area contributed by atoms with Crippen LogP contribution in [0.25, 0.3) is 0 Å². The van der Waals surface area contributed by atoms with Gasteiger partial charge in [-0.15, -0.1) is 0 Å². The van der Waals surface area contributed by atoms with Gasteiger partial charge < -0.3 is 20.3 Å². The fraction of sp³-hybridized carbons (Fsp3) is 0.562. The number of rotatable bonds is 5. The van der Waals surface area contributed by atoms with E-state index in [4.69, 9.17) is 4.74 Å². The van der Waals surface area contributed by atoms with Crippen molar-refractivity contribution in [3.8, 4) is 5.75 Å². The lowest BCUT2D eigenvalue weighted by Crippen LogP contribution is -2.43. The number of nitrogens with zero attached hydrogens (tertiary/aromatic N) is 1. The first-order valence-electron chi connectivity index (χ1n) is 7.75. The Morgan fingerprint density at radius 3 is 2.57 bits per heavy atom. The van der Waals surface area contributed by atoms with Crippen molar-refractivity contribution in [2.45, 2.75) is 31.9 Å². The molecule has 1 aliphatic carbocycles. The number of carbonyl (C=O) groups excluding carboxylic acids is 1. The molecule has 1 heterocycles. The summed E-state index contributed by atoms with van der Waals surface area (Å²) in [6.45, 7) is 5.90. The molecule has 2 fully saturated rings. The normalized spacial score (nSPS) is 20.0. The van der Waals surface area contributed by atoms with E-state index >= 15 is 0 Å². The molecule has 1 saturated heterocycles. The lowest BCUT2D eigenvalue weighted by atomic mass is 10.2. The molecule has 1 aromatic carbocycles. The number of piperazine rings is 1. The van der Waals surface area contributed by atoms with Gasteiger partial charge in [0, 0.05) is 37.9 Å². The molecule has 1 atom stereocenters. The zero-order valence-corrected chi connectivity index (χ0v) is 12.5. The Bertz CT molecular complexity index is 479. The molecule has 2 aliphatic rings. The monoisotopic (exact) mass is 289 g/mol. The Morgan fingerprint density at radius 1 is 1.29 bits per heavy atom. The van der Waals surface area contributed by atoms with Crippen LogP contribution in [0.15, 0.2) is 24.3 Å². The van der Waals surface area contributed by atoms with Crippen molar-refractivity contribution in [3.05, 3.63) is 24.3 Å². The number of ether oxygens (including phenoxy) is 1. The molecular weight excluding hydrogens is 266 g/mol. The summed E-state index contributed by atoms with van der Waals surface area (Å²) in [5, 5.41) is 6.30. The molecule has 0 radical (unpaired) electrons. The summed E-state index contributed by atoms with van der Waals surface area (Å²) in [5.74, 6) is 0.719. The van der Waals surface area contributed by atoms with Gasteiger partial charge in [-0.2, -0.15) is 0 Å². The van der Waals surface area contributed by atoms with Crippen molar-refractivity contribution in [1.29, 1.82) is 0 Å². The van der Waals surface area contributed by atoms with E-state index in [1.807, 2.05) is 12.1 Å². The van der Waals surface area contributed by atoms with Crippen LogP contribution in [0.1, 0.15) is 19.8 Å². The fourth-order valence-electron chi connectivity index (χ4n) is 2.46. The molecule has 114 valence electrons. The molecule has 1 amide bonds. The van der Waals surface area contributed by atoms with Crippen LogP contribution < -0.4 is 20.3 Å². The van der Waals surface area contributed by atoms with E-state index in [2.05, 4.69) is 27.7 Å². The largest absolute Gasteiger partial charge is 0.481 e. The predicted octanol–water partition coefficient (Wildman–Crippen LogP) is 1.14. The summed E-state index contributed by atoms with van der Waals surface area (Å²) in [7, 11) is 0. The van der Waals surface area contributed by atoms with Crippen LogP contribution in [0.5, 0.6) is 5.75 Å². The molecular formula is C16H23N3O2. The van der Waals surface area contributed by atoms with Crippen LogP contribution >= 0.6 is 0 Å². The highest BCUT2D eigenvalue weighted by atomic mass is 16.5. The number of benzene rings is 1. The number of anilines is 1. The lowest BCUT2D eigenvalue weighted by molar-refractivity contribution is -0.127. The van der Waals surface area contributed by atoms with Gasteiger partial charge in [0.25, 0.3) is 5.91 Å². The van der Waals surface area contributed by atoms with Crippen molar-refractivity contribution in [1.82, 2.24) is 10.6 Å². The minimum atomic E-state index is -0.448. The van der Waals surface area contributed by atoms with Crippen LogP contribution in [0.3, 0.4) is 0 Å². The van der Waals surface area contributed by atoms with E-state index in [1.165, 1.54) is 5.69 Å². The van der Waals surface area contributed by atoms with Crippen molar-refractivity contribution in [2.75, 3.05) is 31.1 Å². The molecule has 1 unspecified atom stereocenters. The van der Waals surface area contributed by atoms with Gasteiger partial charge in [-0.3, -0.25) is 4.79 Å². The smallest absolute Gasteiger partial charge is 0.260 e. The molecule has 3 rings (SSSR count). The standard InChI is InChI=1S/C16H23N3O2/c1-12(16(20)18-13-2-3-13)21-15-6-4-14(5-7-15)19-10-8-17-9-11-19/h4-7,12-13,17H,2-3,8-11H2,1H3,(H,18,20). The van der Waals surface area contributed by atoms with Crippen molar-refractivity contribution in [2.24, 2.45) is 0 Å². The predicted molar refractivity (Wildman–Crippen MR) is 82.8 cm³/mol. The Balaban J connectivity index is 1.54. The Hall–Kier alpha value is -1.75. The molecule has 1 saturated carbocycles. The minimum absolute atomic E-state index is 0.0244. The second kappa shape index (κ2) is 6.35. The molecule has 2 N–H and O–H groups in total. The van der Waals surface area contributed by atoms with Crippen LogP contribution in [-0.4, -0.2) is 44.2 Å². The highest BCUT2D eigenvalue weighted by Crippen LogP contribution is 2.22. The highest BCUT2D eigenvalue weighted by Gasteiger charge is 2.26. The lowest BCUT2D eigenvalue weighted by Gasteiger charge is -2.29. The van der Waals surface area contributed by atoms with Gasteiger partial charge in [0.1, 0.15) is 5.75 Å². The minimum Gasteiger partial charge on any atom is -0.481 e. The molecule has 21 heavy (non-hydrogen) atoms. The van der Waals surface area contributed by atoms with Gasteiger partial charge in [-0.25, -0.2) is 0 Å². The number of carbonyl (C=O) groups is 1. The van der Waals surface area contributed by atoms with Crippen LogP contribution in [0, 0.1) is 0 Å². The number of nitrogens with one attached hydrogen (secondary N) is 2. The van der Waals surface area contributed by atoms with Gasteiger partial charge in [-0.05, 0) is 44.0 Å². The quantitative estimate of drug-likeness (QED) is 0.853. The maximum atomic E-state index is 11.9. The van der Waals surface area contributed by atoms with Crippen molar-refractivity contribution < 1.29 is 9.53 Å². The SMILES string of the molecule is CC(Oc1ccc(N2CCNCC2)cc1)C(=O)NC1CC1. The number of amides is 1. The molecule has 5 nitrogen and oxygen atoms in total. The third-order valence-electron chi connectivity index (χ3n) is 3.92. The Labute approximate surface area is 125 Å². The second-order valence-corrected chi connectivity index (χ2v) is 5.77. The molecule has 5 heteroatoms. The van der Waals surface area contributed by atoms with E-state index in [-0.39, 0.29) is 5.91 Å². The van der Waals surface area contributed by atoms with Crippen LogP contribution in [0.4, 0.5) is 5.69 Å². The average Bonchev–Trinajstić information content (AvgIpc) is 3.33. The third kappa shape index (κ3) is 3.88. The maximum Gasteiger partial charge on any atom is 0.260 e. The summed E-state index contributed by atoms with van der Waals surface area (Å²) in [4.78, 5) is 14.2. The molecule has 0 aromatic heterocycles. The van der Waals surface area contributed by atoms with E-state index < -0.39 is 6.10 Å². The summed E-state index contributed by atoms with van der Waals surface area (Å²) < 4.78 is 5.70. The van der Waals surface area contributed by atoms with Gasteiger partial charge in [0.2, 0.25) is 0 Å². The first-order chi connectivity index (χ1) is 10.2. The summed E-state index contributed by atoms with van der Waals surface area (Å²) in [6, 6.07) is 8.38. The first kappa shape index (κ1) is 14.2. The van der Waals surface area contributed by atoms with Gasteiger partial charge >= 0.3 is 0 Å². The molecule has 0 bridgehead atoms. The zero-order chi connectivity index (χ0) is 14.7. The zero-order valence-electron chi connectivity index (χ0n) is 12.5. The Morgan fingerprint density at radius 2 is 1.95 bits per heavy atom. The maximum absolute atomic E-state index is 11.9. The first-order valence-corrected chi connectivity index (χ1v) is 7.75. The second-order valence-electron chi connectivity index (χ2n) is 5.77. The van der Waals surface area contributed by atoms with Gasteiger partial charge in [0.15, 0.2) is 6.10 Å². The van der Waals surface area contributed by atoms with Crippen LogP contribution in [-0.2, 0) is 4.79 Å². The van der Waals surface area contributed by atoms with E-state index in [9.17, 15) is 4.79 Å². The van der Waals surface area contributed by atoms with Gasteiger partial charge in [0.05, 0.1) is 0 Å². The summed E-state index contributed by atoms with van der Waals surface area (Å²) >= 11 is 0. The van der Waals surface area contributed by atoms with E-state index in [1.54, 1.807) is 6.92 Å². The fourth-order valence-corrected chi connectivity index (χ4v) is 2.46. The van der Waals surface area contributed by atoms with E-state index in [0.29, 0.717) is 6.04 Å². The number of hydrogen-bond acceptors (Lipinski definition) is 4.